The van der Waals surface area contributed by atoms with Gasteiger partial charge in [-0.2, -0.15) is 5.26 Å². The number of hydrogen-bond donors (Lipinski definition) is 0. The van der Waals surface area contributed by atoms with Crippen LogP contribution in [0.1, 0.15) is 37.2 Å². The second kappa shape index (κ2) is 5.43. The van der Waals surface area contributed by atoms with Crippen LogP contribution in [0.3, 0.4) is 0 Å². The van der Waals surface area contributed by atoms with Gasteiger partial charge in [0, 0.05) is 12.6 Å². The van der Waals surface area contributed by atoms with E-state index in [2.05, 4.69) is 22.5 Å². The number of rotatable bonds is 2. The van der Waals surface area contributed by atoms with E-state index < -0.39 is 0 Å². The maximum Gasteiger partial charge on any atom is 0.125 e. The molecule has 2 unspecified atom stereocenters. The molecule has 1 saturated heterocycles. The minimum Gasteiger partial charge on any atom is -0.378 e. The molecule has 104 valence electrons. The van der Waals surface area contributed by atoms with Crippen LogP contribution in [-0.2, 0) is 10.6 Å². The predicted molar refractivity (Wildman–Crippen MR) is 77.7 cm³/mol. The lowest BCUT2D eigenvalue weighted by Gasteiger charge is -2.29. The van der Waals surface area contributed by atoms with Crippen LogP contribution in [0.4, 0.5) is 0 Å². The van der Waals surface area contributed by atoms with Crippen molar-refractivity contribution < 1.29 is 4.74 Å². The van der Waals surface area contributed by atoms with Gasteiger partial charge in [-0.25, -0.2) is 4.98 Å². The number of benzene rings is 1. The molecule has 1 fully saturated rings. The molecule has 0 aliphatic carbocycles. The van der Waals surface area contributed by atoms with Crippen molar-refractivity contribution in [1.29, 1.82) is 5.26 Å². The minimum atomic E-state index is 0.244. The van der Waals surface area contributed by atoms with E-state index in [1.807, 2.05) is 12.1 Å². The average Bonchev–Trinajstić information content (AvgIpc) is 2.85. The van der Waals surface area contributed by atoms with Gasteiger partial charge in [-0.15, -0.1) is 11.6 Å². The molecule has 20 heavy (non-hydrogen) atoms. The van der Waals surface area contributed by atoms with E-state index in [-0.39, 0.29) is 6.10 Å². The SMILES string of the molecule is CC1CC(n2c(CCl)nc3c(C#N)cccc32)CCO1. The maximum absolute atomic E-state index is 9.21. The fraction of sp³-hybridized carbons (Fsp3) is 0.467. The van der Waals surface area contributed by atoms with Gasteiger partial charge in [-0.1, -0.05) is 6.07 Å². The number of nitriles is 1. The monoisotopic (exact) mass is 289 g/mol. The molecule has 5 heteroatoms. The summed E-state index contributed by atoms with van der Waals surface area (Å²) in [6.45, 7) is 2.84. The molecule has 1 aliphatic rings. The summed E-state index contributed by atoms with van der Waals surface area (Å²) in [5, 5.41) is 9.21. The lowest BCUT2D eigenvalue weighted by atomic mass is 10.0. The predicted octanol–water partition coefficient (Wildman–Crippen LogP) is 3.39. The normalized spacial score (nSPS) is 22.9. The van der Waals surface area contributed by atoms with Crippen molar-refractivity contribution in [2.75, 3.05) is 6.61 Å². The van der Waals surface area contributed by atoms with Gasteiger partial charge in [0.2, 0.25) is 0 Å². The fourth-order valence-corrected chi connectivity index (χ4v) is 3.15. The van der Waals surface area contributed by atoms with Crippen LogP contribution < -0.4 is 0 Å². The molecule has 0 N–H and O–H groups in total. The van der Waals surface area contributed by atoms with Gasteiger partial charge in [-0.05, 0) is 31.9 Å². The summed E-state index contributed by atoms with van der Waals surface area (Å²) < 4.78 is 7.81. The zero-order valence-electron chi connectivity index (χ0n) is 11.3. The second-order valence-electron chi connectivity index (χ2n) is 5.18. The molecule has 1 aromatic heterocycles. The molecule has 0 amide bonds. The third-order valence-corrected chi connectivity index (χ3v) is 4.09. The Kier molecular flexibility index (Phi) is 3.64. The number of aromatic nitrogens is 2. The van der Waals surface area contributed by atoms with Crippen molar-refractivity contribution in [3.63, 3.8) is 0 Å². The first kappa shape index (κ1) is 13.4. The van der Waals surface area contributed by atoms with E-state index in [0.717, 1.165) is 36.3 Å². The number of ether oxygens (including phenoxy) is 1. The second-order valence-corrected chi connectivity index (χ2v) is 5.44. The van der Waals surface area contributed by atoms with E-state index in [0.29, 0.717) is 17.5 Å². The number of nitrogens with zero attached hydrogens (tertiary/aromatic N) is 3. The summed E-state index contributed by atoms with van der Waals surface area (Å²) in [4.78, 5) is 4.57. The number of hydrogen-bond acceptors (Lipinski definition) is 3. The highest BCUT2D eigenvalue weighted by molar-refractivity contribution is 6.16. The number of para-hydroxylation sites is 1. The summed E-state index contributed by atoms with van der Waals surface area (Å²) in [7, 11) is 0. The molecule has 4 nitrogen and oxygen atoms in total. The third kappa shape index (κ3) is 2.17. The fourth-order valence-electron chi connectivity index (χ4n) is 2.97. The summed E-state index contributed by atoms with van der Waals surface area (Å²) in [6.07, 6.45) is 2.15. The van der Waals surface area contributed by atoms with E-state index in [9.17, 15) is 5.26 Å². The smallest absolute Gasteiger partial charge is 0.125 e. The van der Waals surface area contributed by atoms with Gasteiger partial charge in [0.1, 0.15) is 17.4 Å². The van der Waals surface area contributed by atoms with Gasteiger partial charge >= 0.3 is 0 Å². The lowest BCUT2D eigenvalue weighted by Crippen LogP contribution is -2.26. The van der Waals surface area contributed by atoms with Crippen molar-refractivity contribution in [3.05, 3.63) is 29.6 Å². The Balaban J connectivity index is 2.16. The molecule has 0 spiro atoms. The van der Waals surface area contributed by atoms with Crippen molar-refractivity contribution in [2.24, 2.45) is 0 Å². The molecule has 0 bridgehead atoms. The first-order valence-corrected chi connectivity index (χ1v) is 7.35. The molecule has 1 aliphatic heterocycles. The zero-order valence-corrected chi connectivity index (χ0v) is 12.1. The molecule has 0 radical (unpaired) electrons. The van der Waals surface area contributed by atoms with Crippen LogP contribution in [0.2, 0.25) is 0 Å². The summed E-state index contributed by atoms with van der Waals surface area (Å²) >= 11 is 6.06. The van der Waals surface area contributed by atoms with Gasteiger partial charge < -0.3 is 9.30 Å². The van der Waals surface area contributed by atoms with Crippen LogP contribution in [0.5, 0.6) is 0 Å². The first-order valence-electron chi connectivity index (χ1n) is 6.82. The van der Waals surface area contributed by atoms with E-state index in [4.69, 9.17) is 16.3 Å². The Bertz CT molecular complexity index is 674. The third-order valence-electron chi connectivity index (χ3n) is 3.86. The van der Waals surface area contributed by atoms with E-state index in [1.54, 1.807) is 6.07 Å². The highest BCUT2D eigenvalue weighted by atomic mass is 35.5. The molecule has 1 aromatic carbocycles. The van der Waals surface area contributed by atoms with Crippen LogP contribution in [0.15, 0.2) is 18.2 Å². The largest absolute Gasteiger partial charge is 0.378 e. The molecule has 2 atom stereocenters. The Labute approximate surface area is 122 Å². The van der Waals surface area contributed by atoms with E-state index in [1.165, 1.54) is 0 Å². The first-order chi connectivity index (χ1) is 9.74. The van der Waals surface area contributed by atoms with Gasteiger partial charge in [-0.3, -0.25) is 0 Å². The average molecular weight is 290 g/mol. The van der Waals surface area contributed by atoms with Gasteiger partial charge in [0.25, 0.3) is 0 Å². The Morgan fingerprint density at radius 1 is 1.55 bits per heavy atom. The number of fused-ring (bicyclic) bond motifs is 1. The molecular formula is C15H16ClN3O. The lowest BCUT2D eigenvalue weighted by molar-refractivity contribution is 0.00633. The number of imidazole rings is 1. The summed E-state index contributed by atoms with van der Waals surface area (Å²) in [6, 6.07) is 8.25. The molecule has 3 rings (SSSR count). The summed E-state index contributed by atoms with van der Waals surface area (Å²) in [5.74, 6) is 1.19. The topological polar surface area (TPSA) is 50.8 Å². The number of halogens is 1. The van der Waals surface area contributed by atoms with Crippen molar-refractivity contribution in [1.82, 2.24) is 9.55 Å². The van der Waals surface area contributed by atoms with Crippen molar-refractivity contribution in [2.45, 2.75) is 37.8 Å². The van der Waals surface area contributed by atoms with E-state index >= 15 is 0 Å². The van der Waals surface area contributed by atoms with Crippen molar-refractivity contribution >= 4 is 22.6 Å². The van der Waals surface area contributed by atoms with Crippen LogP contribution in [0, 0.1) is 11.3 Å². The van der Waals surface area contributed by atoms with Crippen LogP contribution in [0.25, 0.3) is 11.0 Å². The highest BCUT2D eigenvalue weighted by Crippen LogP contribution is 2.31. The van der Waals surface area contributed by atoms with Crippen molar-refractivity contribution in [3.8, 4) is 6.07 Å². The maximum atomic E-state index is 9.21. The highest BCUT2D eigenvalue weighted by Gasteiger charge is 2.25. The number of alkyl halides is 1. The Morgan fingerprint density at radius 2 is 2.40 bits per heavy atom. The zero-order chi connectivity index (χ0) is 14.1. The molecule has 2 aromatic rings. The Hall–Kier alpha value is -1.57. The Morgan fingerprint density at radius 3 is 3.10 bits per heavy atom. The summed E-state index contributed by atoms with van der Waals surface area (Å²) in [5.41, 5.74) is 2.36. The quantitative estimate of drug-likeness (QED) is 0.796. The van der Waals surface area contributed by atoms with Gasteiger partial charge in [0.15, 0.2) is 0 Å². The molecule has 0 saturated carbocycles. The van der Waals surface area contributed by atoms with Crippen LogP contribution in [-0.4, -0.2) is 22.3 Å². The van der Waals surface area contributed by atoms with Gasteiger partial charge in [0.05, 0.1) is 23.1 Å². The molecule has 2 heterocycles. The minimum absolute atomic E-state index is 0.244. The molecular weight excluding hydrogens is 274 g/mol. The standard InChI is InChI=1S/C15H16ClN3O/c1-10-7-12(5-6-20-10)19-13-4-2-3-11(9-17)15(13)18-14(19)8-16/h2-4,10,12H,5-8H2,1H3. The van der Waals surface area contributed by atoms with Crippen LogP contribution >= 0.6 is 11.6 Å².